The smallest absolute Gasteiger partial charge is 0.338 e. The Hall–Kier alpha value is -3.48. The quantitative estimate of drug-likeness (QED) is 0.614. The van der Waals surface area contributed by atoms with Crippen LogP contribution in [0.4, 0.5) is 11.4 Å². The molecule has 0 unspecified atom stereocenters. The maximum Gasteiger partial charge on any atom is 0.338 e. The van der Waals surface area contributed by atoms with E-state index in [1.54, 1.807) is 6.07 Å². The maximum absolute atomic E-state index is 12.1. The van der Waals surface area contributed by atoms with E-state index in [2.05, 4.69) is 5.32 Å². The summed E-state index contributed by atoms with van der Waals surface area (Å²) in [4.78, 5) is 48.7. The highest BCUT2D eigenvalue weighted by atomic mass is 16.5. The molecule has 7 nitrogen and oxygen atoms in total. The molecule has 3 amide bonds. The molecule has 2 aromatic rings. The zero-order valence-electron chi connectivity index (χ0n) is 15.4. The molecule has 0 saturated carbocycles. The van der Waals surface area contributed by atoms with E-state index in [-0.39, 0.29) is 30.2 Å². The van der Waals surface area contributed by atoms with Crippen LogP contribution in [0.2, 0.25) is 0 Å². The fourth-order valence-electron chi connectivity index (χ4n) is 2.89. The van der Waals surface area contributed by atoms with Crippen molar-refractivity contribution < 1.29 is 23.9 Å². The molecule has 0 radical (unpaired) electrons. The molecule has 1 N–H and O–H groups in total. The second kappa shape index (κ2) is 8.47. The molecule has 1 aliphatic rings. The van der Waals surface area contributed by atoms with E-state index in [0.29, 0.717) is 11.4 Å². The highest BCUT2D eigenvalue weighted by molar-refractivity contribution is 6.19. The molecule has 2 aromatic carbocycles. The number of amides is 3. The molecule has 1 heterocycles. The molecule has 1 saturated heterocycles. The lowest BCUT2D eigenvalue weighted by molar-refractivity contribution is -0.121. The molecule has 0 atom stereocenters. The third kappa shape index (κ3) is 4.43. The lowest BCUT2D eigenvalue weighted by Crippen LogP contribution is -2.28. The number of rotatable bonds is 6. The summed E-state index contributed by atoms with van der Waals surface area (Å²) < 4.78 is 5.03. The molecule has 0 aromatic heterocycles. The number of benzene rings is 2. The van der Waals surface area contributed by atoms with Crippen LogP contribution in [-0.4, -0.2) is 30.3 Å². The van der Waals surface area contributed by atoms with Crippen LogP contribution in [-0.2, 0) is 25.5 Å². The number of imide groups is 1. The van der Waals surface area contributed by atoms with Crippen LogP contribution < -0.4 is 10.2 Å². The van der Waals surface area contributed by atoms with Crippen LogP contribution in [0.3, 0.4) is 0 Å². The van der Waals surface area contributed by atoms with E-state index in [1.807, 2.05) is 25.1 Å². The van der Waals surface area contributed by atoms with Gasteiger partial charge in [0.25, 0.3) is 5.91 Å². The van der Waals surface area contributed by atoms with Gasteiger partial charge in [0, 0.05) is 18.5 Å². The molecule has 1 aliphatic heterocycles. The van der Waals surface area contributed by atoms with Crippen LogP contribution in [0.15, 0.2) is 48.5 Å². The minimum Gasteiger partial charge on any atom is -0.452 e. The Labute approximate surface area is 162 Å². The topological polar surface area (TPSA) is 92.8 Å². The lowest BCUT2D eigenvalue weighted by Gasteiger charge is -2.14. The van der Waals surface area contributed by atoms with E-state index in [0.717, 1.165) is 16.9 Å². The van der Waals surface area contributed by atoms with Gasteiger partial charge in [-0.05, 0) is 48.4 Å². The first-order chi connectivity index (χ1) is 13.5. The van der Waals surface area contributed by atoms with Gasteiger partial charge < -0.3 is 10.1 Å². The van der Waals surface area contributed by atoms with Crippen molar-refractivity contribution in [1.82, 2.24) is 0 Å². The molecular weight excluding hydrogens is 360 g/mol. The average molecular weight is 380 g/mol. The number of ether oxygens (including phenoxy) is 1. The normalized spacial score (nSPS) is 13.5. The SMILES string of the molecule is CCc1cccc(NC(=O)COC(=O)c2ccc(N3C(=O)CCC3=O)cc2)c1. The van der Waals surface area contributed by atoms with Gasteiger partial charge in [-0.15, -0.1) is 0 Å². The molecule has 1 fully saturated rings. The first-order valence-electron chi connectivity index (χ1n) is 8.99. The van der Waals surface area contributed by atoms with Gasteiger partial charge in [-0.2, -0.15) is 0 Å². The fraction of sp³-hybridized carbons (Fsp3) is 0.238. The molecular formula is C21H20N2O5. The average Bonchev–Trinajstić information content (AvgIpc) is 3.04. The Kier molecular flexibility index (Phi) is 5.84. The summed E-state index contributed by atoms with van der Waals surface area (Å²) in [6.07, 6.45) is 1.24. The summed E-state index contributed by atoms with van der Waals surface area (Å²) in [5, 5.41) is 2.68. The van der Waals surface area contributed by atoms with E-state index in [4.69, 9.17) is 4.74 Å². The van der Waals surface area contributed by atoms with Gasteiger partial charge in [-0.25, -0.2) is 4.79 Å². The maximum atomic E-state index is 12.1. The van der Waals surface area contributed by atoms with Gasteiger partial charge in [0.2, 0.25) is 11.8 Å². The van der Waals surface area contributed by atoms with Crippen molar-refractivity contribution in [2.45, 2.75) is 26.2 Å². The van der Waals surface area contributed by atoms with Crippen molar-refractivity contribution in [3.05, 3.63) is 59.7 Å². The van der Waals surface area contributed by atoms with Gasteiger partial charge in [0.05, 0.1) is 11.3 Å². The molecule has 0 spiro atoms. The second-order valence-electron chi connectivity index (χ2n) is 6.35. The number of carbonyl (C=O) groups excluding carboxylic acids is 4. The van der Waals surface area contributed by atoms with Crippen molar-refractivity contribution in [2.24, 2.45) is 0 Å². The molecule has 0 aliphatic carbocycles. The van der Waals surface area contributed by atoms with Crippen LogP contribution in [0.1, 0.15) is 35.7 Å². The number of aryl methyl sites for hydroxylation is 1. The van der Waals surface area contributed by atoms with E-state index < -0.39 is 18.5 Å². The van der Waals surface area contributed by atoms with Crippen molar-refractivity contribution in [3.8, 4) is 0 Å². The molecule has 3 rings (SSSR count). The van der Waals surface area contributed by atoms with Gasteiger partial charge in [-0.3, -0.25) is 19.3 Å². The lowest BCUT2D eigenvalue weighted by atomic mass is 10.1. The van der Waals surface area contributed by atoms with Crippen molar-refractivity contribution in [1.29, 1.82) is 0 Å². The molecule has 144 valence electrons. The highest BCUT2D eigenvalue weighted by Crippen LogP contribution is 2.23. The zero-order valence-corrected chi connectivity index (χ0v) is 15.4. The summed E-state index contributed by atoms with van der Waals surface area (Å²) in [6.45, 7) is 1.60. The standard InChI is InChI=1S/C21H20N2O5/c1-2-14-4-3-5-16(12-14)22-18(24)13-28-21(27)15-6-8-17(9-7-15)23-19(25)10-11-20(23)26/h3-9,12H,2,10-11,13H2,1H3,(H,22,24). The fourth-order valence-corrected chi connectivity index (χ4v) is 2.89. The monoisotopic (exact) mass is 380 g/mol. The number of hydrogen-bond donors (Lipinski definition) is 1. The first kappa shape index (κ1) is 19.3. The predicted molar refractivity (Wildman–Crippen MR) is 103 cm³/mol. The Morgan fingerprint density at radius 2 is 1.71 bits per heavy atom. The Morgan fingerprint density at radius 1 is 1.04 bits per heavy atom. The summed E-state index contributed by atoms with van der Waals surface area (Å²) in [6, 6.07) is 13.4. The van der Waals surface area contributed by atoms with Crippen molar-refractivity contribution >= 4 is 35.1 Å². The van der Waals surface area contributed by atoms with Crippen molar-refractivity contribution in [2.75, 3.05) is 16.8 Å². The minimum absolute atomic E-state index is 0.193. The predicted octanol–water partition coefficient (Wildman–Crippen LogP) is 2.70. The van der Waals surface area contributed by atoms with Crippen LogP contribution in [0, 0.1) is 0 Å². The summed E-state index contributed by atoms with van der Waals surface area (Å²) in [7, 11) is 0. The number of esters is 1. The van der Waals surface area contributed by atoms with Crippen LogP contribution in [0.25, 0.3) is 0 Å². The number of nitrogens with one attached hydrogen (secondary N) is 1. The highest BCUT2D eigenvalue weighted by Gasteiger charge is 2.30. The minimum atomic E-state index is -0.664. The Morgan fingerprint density at radius 3 is 2.36 bits per heavy atom. The van der Waals surface area contributed by atoms with E-state index >= 15 is 0 Å². The van der Waals surface area contributed by atoms with E-state index in [1.165, 1.54) is 24.3 Å². The third-order valence-electron chi connectivity index (χ3n) is 4.37. The molecule has 28 heavy (non-hydrogen) atoms. The van der Waals surface area contributed by atoms with Crippen LogP contribution in [0.5, 0.6) is 0 Å². The second-order valence-corrected chi connectivity index (χ2v) is 6.35. The Balaban J connectivity index is 1.55. The summed E-state index contributed by atoms with van der Waals surface area (Å²) in [5.74, 6) is -1.62. The van der Waals surface area contributed by atoms with Gasteiger partial charge in [0.15, 0.2) is 6.61 Å². The summed E-state index contributed by atoms with van der Waals surface area (Å²) >= 11 is 0. The first-order valence-corrected chi connectivity index (χ1v) is 8.99. The van der Waals surface area contributed by atoms with Gasteiger partial charge in [0.1, 0.15) is 0 Å². The number of anilines is 2. The van der Waals surface area contributed by atoms with Gasteiger partial charge in [-0.1, -0.05) is 19.1 Å². The van der Waals surface area contributed by atoms with Gasteiger partial charge >= 0.3 is 5.97 Å². The van der Waals surface area contributed by atoms with Crippen molar-refractivity contribution in [3.63, 3.8) is 0 Å². The largest absolute Gasteiger partial charge is 0.452 e. The number of carbonyl (C=O) groups is 4. The number of hydrogen-bond acceptors (Lipinski definition) is 5. The van der Waals surface area contributed by atoms with Crippen LogP contribution >= 0.6 is 0 Å². The number of nitrogens with zero attached hydrogens (tertiary/aromatic N) is 1. The third-order valence-corrected chi connectivity index (χ3v) is 4.37. The van der Waals surface area contributed by atoms with E-state index in [9.17, 15) is 19.2 Å². The molecule has 0 bridgehead atoms. The summed E-state index contributed by atoms with van der Waals surface area (Å²) in [5.41, 5.74) is 2.37. The Bertz CT molecular complexity index is 905. The zero-order chi connectivity index (χ0) is 20.1. The molecule has 7 heteroatoms.